The highest BCUT2D eigenvalue weighted by Gasteiger charge is 2.58. The molecule has 7 unspecified atom stereocenters. The quantitative estimate of drug-likeness (QED) is 0.266. The van der Waals surface area contributed by atoms with Crippen LogP contribution in [0, 0.1) is 51.8 Å². The van der Waals surface area contributed by atoms with Gasteiger partial charge in [-0.3, -0.25) is 4.79 Å². The van der Waals surface area contributed by atoms with Gasteiger partial charge in [0.25, 0.3) is 0 Å². The largest absolute Gasteiger partial charge is 0.462 e. The number of allylic oxidation sites excluding steroid dienone is 1. The molecule has 0 aromatic carbocycles. The van der Waals surface area contributed by atoms with Crippen LogP contribution in [0.2, 0.25) is 0 Å². The van der Waals surface area contributed by atoms with Crippen molar-refractivity contribution in [3.05, 3.63) is 11.6 Å². The number of rotatable bonds is 7. The summed E-state index contributed by atoms with van der Waals surface area (Å²) in [5, 5.41) is 0. The molecule has 2 nitrogen and oxygen atoms in total. The lowest BCUT2D eigenvalue weighted by atomic mass is 9.47. The van der Waals surface area contributed by atoms with Gasteiger partial charge in [-0.2, -0.15) is 0 Å². The van der Waals surface area contributed by atoms with Crippen LogP contribution < -0.4 is 0 Å². The molecule has 0 amide bonds. The zero-order chi connectivity index (χ0) is 25.6. The van der Waals surface area contributed by atoms with Crippen molar-refractivity contribution >= 4 is 5.97 Å². The summed E-state index contributed by atoms with van der Waals surface area (Å²) in [6, 6.07) is 0. The molecule has 4 aliphatic rings. The molecule has 3 saturated carbocycles. The smallest absolute Gasteiger partial charge is 0.311 e. The van der Waals surface area contributed by atoms with E-state index in [2.05, 4.69) is 40.7 Å². The molecule has 0 heterocycles. The summed E-state index contributed by atoms with van der Waals surface area (Å²) < 4.78 is 5.98. The van der Waals surface area contributed by atoms with Crippen LogP contribution in [0.25, 0.3) is 0 Å². The first-order valence-corrected chi connectivity index (χ1v) is 15.3. The molecule has 0 bridgehead atoms. The van der Waals surface area contributed by atoms with Gasteiger partial charge in [-0.05, 0) is 118 Å². The van der Waals surface area contributed by atoms with Crippen LogP contribution in [-0.4, -0.2) is 12.1 Å². The number of carbonyl (C=O) groups excluding carboxylic acids is 1. The molecular formula is C33H56O2. The van der Waals surface area contributed by atoms with Crippen molar-refractivity contribution in [2.45, 2.75) is 139 Å². The van der Waals surface area contributed by atoms with E-state index in [0.29, 0.717) is 10.8 Å². The molecule has 3 fully saturated rings. The van der Waals surface area contributed by atoms with E-state index in [1.165, 1.54) is 64.2 Å². The van der Waals surface area contributed by atoms with E-state index in [-0.39, 0.29) is 12.1 Å². The Balaban J connectivity index is 1.41. The van der Waals surface area contributed by atoms with Crippen molar-refractivity contribution in [1.82, 2.24) is 0 Å². The number of fused-ring (bicyclic) bond motifs is 5. The van der Waals surface area contributed by atoms with Gasteiger partial charge in [0.1, 0.15) is 6.10 Å². The molecule has 4 rings (SSSR count). The summed E-state index contributed by atoms with van der Waals surface area (Å²) >= 11 is 0. The summed E-state index contributed by atoms with van der Waals surface area (Å²) in [6.07, 6.45) is 18.7. The minimum atomic E-state index is -0.411. The highest BCUT2D eigenvalue weighted by Crippen LogP contribution is 2.66. The molecule has 0 saturated heterocycles. The Labute approximate surface area is 217 Å². The average molecular weight is 485 g/mol. The monoisotopic (exact) mass is 484 g/mol. The van der Waals surface area contributed by atoms with E-state index in [0.717, 1.165) is 48.3 Å². The van der Waals surface area contributed by atoms with E-state index in [1.807, 2.05) is 20.8 Å². The number of esters is 1. The fourth-order valence-corrected chi connectivity index (χ4v) is 9.27. The van der Waals surface area contributed by atoms with Crippen LogP contribution in [0.5, 0.6) is 0 Å². The van der Waals surface area contributed by atoms with Crippen LogP contribution in [0.15, 0.2) is 11.6 Å². The lowest BCUT2D eigenvalue weighted by molar-refractivity contribution is -0.161. The molecule has 0 N–H and O–H groups in total. The second-order valence-electron chi connectivity index (χ2n) is 14.9. The third-order valence-electron chi connectivity index (χ3n) is 11.7. The lowest BCUT2D eigenvalue weighted by Gasteiger charge is -2.58. The summed E-state index contributed by atoms with van der Waals surface area (Å²) in [5.74, 6) is 5.29. The first kappa shape index (κ1) is 27.3. The number of carbonyl (C=O) groups is 1. The van der Waals surface area contributed by atoms with Crippen molar-refractivity contribution in [3.8, 4) is 0 Å². The fourth-order valence-electron chi connectivity index (χ4n) is 9.27. The Hall–Kier alpha value is -0.790. The van der Waals surface area contributed by atoms with Gasteiger partial charge < -0.3 is 4.74 Å². The molecule has 200 valence electrons. The SMILES string of the molecule is CCC(CCCC1CCC2C3CC=C4CC(OC(=O)C(C)(C)C)CC[C@]4(C)C3CCC12C)C(C)C. The Bertz CT molecular complexity index is 787. The lowest BCUT2D eigenvalue weighted by Crippen LogP contribution is -2.50. The zero-order valence-corrected chi connectivity index (χ0v) is 24.4. The standard InChI is InChI=1S/C33H56O2/c1-9-23(22(2)3)11-10-12-24-14-16-28-27-15-13-25-21-26(35-30(34)31(4,5)6)17-19-33(25,8)29(27)18-20-32(24,28)7/h13,22-24,26-29H,9-12,14-21H2,1-8H3/t23?,24?,26?,27?,28?,29?,32?,33-/m0/s1. The maximum Gasteiger partial charge on any atom is 0.311 e. The summed E-state index contributed by atoms with van der Waals surface area (Å²) in [7, 11) is 0. The molecule has 0 aromatic heterocycles. The van der Waals surface area contributed by atoms with Crippen molar-refractivity contribution in [2.75, 3.05) is 0 Å². The van der Waals surface area contributed by atoms with Crippen LogP contribution in [0.3, 0.4) is 0 Å². The van der Waals surface area contributed by atoms with E-state index in [4.69, 9.17) is 4.74 Å². The van der Waals surface area contributed by atoms with Gasteiger partial charge in [0.05, 0.1) is 5.41 Å². The van der Waals surface area contributed by atoms with E-state index in [9.17, 15) is 4.79 Å². The van der Waals surface area contributed by atoms with Crippen LogP contribution in [-0.2, 0) is 9.53 Å². The predicted octanol–water partition coefficient (Wildman–Crippen LogP) is 9.38. The maximum absolute atomic E-state index is 12.5. The fraction of sp³-hybridized carbons (Fsp3) is 0.909. The predicted molar refractivity (Wildman–Crippen MR) is 147 cm³/mol. The highest BCUT2D eigenvalue weighted by molar-refractivity contribution is 5.75. The highest BCUT2D eigenvalue weighted by atomic mass is 16.5. The molecular weight excluding hydrogens is 428 g/mol. The van der Waals surface area contributed by atoms with Crippen molar-refractivity contribution in [1.29, 1.82) is 0 Å². The molecule has 0 aliphatic heterocycles. The van der Waals surface area contributed by atoms with Crippen molar-refractivity contribution < 1.29 is 9.53 Å². The molecule has 0 aromatic rings. The van der Waals surface area contributed by atoms with Crippen molar-refractivity contribution in [3.63, 3.8) is 0 Å². The van der Waals surface area contributed by atoms with Crippen LogP contribution in [0.4, 0.5) is 0 Å². The van der Waals surface area contributed by atoms with Gasteiger partial charge in [-0.1, -0.05) is 65.5 Å². The summed E-state index contributed by atoms with van der Waals surface area (Å²) in [4.78, 5) is 12.5. The molecule has 0 spiro atoms. The Morgan fingerprint density at radius 1 is 1.09 bits per heavy atom. The average Bonchev–Trinajstić information content (AvgIpc) is 3.12. The third-order valence-corrected chi connectivity index (χ3v) is 11.7. The molecule has 0 radical (unpaired) electrons. The molecule has 35 heavy (non-hydrogen) atoms. The Morgan fingerprint density at radius 2 is 1.83 bits per heavy atom. The van der Waals surface area contributed by atoms with Gasteiger partial charge in [-0.15, -0.1) is 0 Å². The Morgan fingerprint density at radius 3 is 2.49 bits per heavy atom. The zero-order valence-electron chi connectivity index (χ0n) is 24.4. The molecule has 2 heteroatoms. The summed E-state index contributed by atoms with van der Waals surface area (Å²) in [6.45, 7) is 18.4. The van der Waals surface area contributed by atoms with Gasteiger partial charge in [0.2, 0.25) is 0 Å². The minimum absolute atomic E-state index is 0.0375. The van der Waals surface area contributed by atoms with Crippen LogP contribution in [0.1, 0.15) is 132 Å². The van der Waals surface area contributed by atoms with Crippen LogP contribution >= 0.6 is 0 Å². The van der Waals surface area contributed by atoms with Gasteiger partial charge >= 0.3 is 5.97 Å². The normalized spacial score (nSPS) is 39.9. The van der Waals surface area contributed by atoms with Gasteiger partial charge in [-0.25, -0.2) is 0 Å². The molecule has 8 atom stereocenters. The first-order chi connectivity index (χ1) is 16.4. The van der Waals surface area contributed by atoms with Gasteiger partial charge in [0, 0.05) is 6.42 Å². The Kier molecular flexibility index (Phi) is 7.92. The first-order valence-electron chi connectivity index (χ1n) is 15.3. The van der Waals surface area contributed by atoms with E-state index >= 15 is 0 Å². The summed E-state index contributed by atoms with van der Waals surface area (Å²) in [5.41, 5.74) is 2.11. The van der Waals surface area contributed by atoms with E-state index in [1.54, 1.807) is 5.57 Å². The second kappa shape index (κ2) is 10.2. The third kappa shape index (κ3) is 5.16. The minimum Gasteiger partial charge on any atom is -0.462 e. The molecule has 4 aliphatic carbocycles. The topological polar surface area (TPSA) is 26.3 Å². The number of ether oxygens (including phenoxy) is 1. The number of hydrogen-bond donors (Lipinski definition) is 0. The second-order valence-corrected chi connectivity index (χ2v) is 14.9. The van der Waals surface area contributed by atoms with Crippen molar-refractivity contribution in [2.24, 2.45) is 51.8 Å². The van der Waals surface area contributed by atoms with E-state index < -0.39 is 5.41 Å². The number of hydrogen-bond acceptors (Lipinski definition) is 2. The maximum atomic E-state index is 12.5. The van der Waals surface area contributed by atoms with Gasteiger partial charge in [0.15, 0.2) is 0 Å².